The van der Waals surface area contributed by atoms with E-state index < -0.39 is 0 Å². The summed E-state index contributed by atoms with van der Waals surface area (Å²) < 4.78 is 1.16. The van der Waals surface area contributed by atoms with Crippen LogP contribution in [-0.2, 0) is 0 Å². The molecule has 1 fully saturated rings. The predicted octanol–water partition coefficient (Wildman–Crippen LogP) is 5.93. The molecule has 110 valence electrons. The van der Waals surface area contributed by atoms with Gasteiger partial charge in [0.15, 0.2) is 0 Å². The lowest BCUT2D eigenvalue weighted by atomic mass is 9.76. The molecular formula is C19H22BrN. The molecule has 0 spiro atoms. The van der Waals surface area contributed by atoms with Crippen LogP contribution in [0.2, 0.25) is 0 Å². The molecule has 2 heteroatoms. The van der Waals surface area contributed by atoms with E-state index >= 15 is 0 Å². The van der Waals surface area contributed by atoms with Gasteiger partial charge in [-0.2, -0.15) is 0 Å². The Kier molecular flexibility index (Phi) is 4.34. The highest BCUT2D eigenvalue weighted by Crippen LogP contribution is 2.39. The normalized spacial score (nSPS) is 21.1. The Balaban J connectivity index is 1.57. The fraction of sp³-hybridized carbons (Fsp3) is 0.368. The fourth-order valence-electron chi connectivity index (χ4n) is 2.97. The number of hydrogen-bond acceptors (Lipinski definition) is 1. The highest BCUT2D eigenvalue weighted by Gasteiger charge is 2.30. The van der Waals surface area contributed by atoms with Crippen molar-refractivity contribution in [3.8, 4) is 0 Å². The molecule has 0 aromatic heterocycles. The monoisotopic (exact) mass is 343 g/mol. The molecule has 0 atom stereocenters. The maximum atomic E-state index is 3.68. The Labute approximate surface area is 135 Å². The molecule has 0 radical (unpaired) electrons. The van der Waals surface area contributed by atoms with Crippen LogP contribution in [0, 0.1) is 0 Å². The average Bonchev–Trinajstić information content (AvgIpc) is 2.44. The van der Waals surface area contributed by atoms with Crippen molar-refractivity contribution in [2.24, 2.45) is 0 Å². The van der Waals surface area contributed by atoms with Gasteiger partial charge in [-0.3, -0.25) is 0 Å². The van der Waals surface area contributed by atoms with Crippen LogP contribution in [0.3, 0.4) is 0 Å². The van der Waals surface area contributed by atoms with Crippen molar-refractivity contribution >= 4 is 21.6 Å². The fourth-order valence-corrected chi connectivity index (χ4v) is 3.23. The molecule has 0 amide bonds. The summed E-state index contributed by atoms with van der Waals surface area (Å²) in [5, 5.41) is 3.68. The molecular weight excluding hydrogens is 322 g/mol. The van der Waals surface area contributed by atoms with Gasteiger partial charge in [-0.25, -0.2) is 0 Å². The van der Waals surface area contributed by atoms with Crippen molar-refractivity contribution in [1.29, 1.82) is 0 Å². The first kappa shape index (κ1) is 14.6. The van der Waals surface area contributed by atoms with Crippen LogP contribution < -0.4 is 5.32 Å². The Bertz CT molecular complexity index is 597. The number of rotatable bonds is 4. The average molecular weight is 344 g/mol. The summed E-state index contributed by atoms with van der Waals surface area (Å²) in [6.45, 7) is 4.48. The minimum Gasteiger partial charge on any atom is -0.382 e. The molecule has 2 aromatic carbocycles. The molecule has 0 unspecified atom stereocenters. The first-order chi connectivity index (χ1) is 10.1. The van der Waals surface area contributed by atoms with Gasteiger partial charge < -0.3 is 5.32 Å². The lowest BCUT2D eigenvalue weighted by Gasteiger charge is -2.37. The summed E-state index contributed by atoms with van der Waals surface area (Å²) in [4.78, 5) is 0. The smallest absolute Gasteiger partial charge is 0.0345 e. The van der Waals surface area contributed by atoms with E-state index in [9.17, 15) is 0 Å². The summed E-state index contributed by atoms with van der Waals surface area (Å²) in [5.41, 5.74) is 4.14. The quantitative estimate of drug-likeness (QED) is 0.725. The first-order valence-corrected chi connectivity index (χ1v) is 8.53. The Hall–Kier alpha value is -1.28. The summed E-state index contributed by atoms with van der Waals surface area (Å²) in [7, 11) is 0. The standard InChI is InChI=1S/C19H22BrN/c1-13(2)15-4-3-5-18(10-15)21-19-11-16(12-19)14-6-8-17(20)9-7-14/h3-10,13,16,19,21H,11-12H2,1-2H3. The molecule has 21 heavy (non-hydrogen) atoms. The van der Waals surface area contributed by atoms with Crippen molar-refractivity contribution in [1.82, 2.24) is 0 Å². The van der Waals surface area contributed by atoms with Crippen molar-refractivity contribution in [3.05, 3.63) is 64.1 Å². The SMILES string of the molecule is CC(C)c1cccc(NC2CC(c3ccc(Br)cc3)C2)c1. The molecule has 0 saturated heterocycles. The van der Waals surface area contributed by atoms with Gasteiger partial charge in [-0.15, -0.1) is 0 Å². The van der Waals surface area contributed by atoms with E-state index in [1.165, 1.54) is 29.7 Å². The van der Waals surface area contributed by atoms with E-state index in [1.807, 2.05) is 0 Å². The van der Waals surface area contributed by atoms with E-state index in [0.29, 0.717) is 17.9 Å². The van der Waals surface area contributed by atoms with Crippen molar-refractivity contribution in [3.63, 3.8) is 0 Å². The van der Waals surface area contributed by atoms with Gasteiger partial charge in [0.2, 0.25) is 0 Å². The zero-order chi connectivity index (χ0) is 14.8. The van der Waals surface area contributed by atoms with Crippen LogP contribution in [0.1, 0.15) is 49.7 Å². The minimum atomic E-state index is 0.587. The van der Waals surface area contributed by atoms with Gasteiger partial charge in [-0.1, -0.05) is 54.0 Å². The van der Waals surface area contributed by atoms with Gasteiger partial charge in [0.1, 0.15) is 0 Å². The van der Waals surface area contributed by atoms with Crippen LogP contribution in [0.15, 0.2) is 53.0 Å². The number of nitrogens with one attached hydrogen (secondary N) is 1. The third-order valence-electron chi connectivity index (χ3n) is 4.40. The summed E-state index contributed by atoms with van der Waals surface area (Å²) in [5.74, 6) is 1.30. The second kappa shape index (κ2) is 6.23. The maximum absolute atomic E-state index is 3.68. The maximum Gasteiger partial charge on any atom is 0.0345 e. The number of hydrogen-bond donors (Lipinski definition) is 1. The molecule has 1 saturated carbocycles. The zero-order valence-corrected chi connectivity index (χ0v) is 14.2. The van der Waals surface area contributed by atoms with Crippen LogP contribution in [-0.4, -0.2) is 6.04 Å². The van der Waals surface area contributed by atoms with Gasteiger partial charge in [0, 0.05) is 16.2 Å². The zero-order valence-electron chi connectivity index (χ0n) is 12.6. The third kappa shape index (κ3) is 3.49. The molecule has 0 bridgehead atoms. The summed E-state index contributed by atoms with van der Waals surface area (Å²) in [6.07, 6.45) is 2.46. The van der Waals surface area contributed by atoms with Crippen LogP contribution >= 0.6 is 15.9 Å². The van der Waals surface area contributed by atoms with Crippen molar-refractivity contribution in [2.45, 2.75) is 44.6 Å². The molecule has 1 N–H and O–H groups in total. The second-order valence-electron chi connectivity index (χ2n) is 6.34. The van der Waals surface area contributed by atoms with E-state index in [1.54, 1.807) is 0 Å². The number of halogens is 1. The highest BCUT2D eigenvalue weighted by atomic mass is 79.9. The molecule has 0 aliphatic heterocycles. The lowest BCUT2D eigenvalue weighted by molar-refractivity contribution is 0.374. The number of anilines is 1. The van der Waals surface area contributed by atoms with Crippen LogP contribution in [0.5, 0.6) is 0 Å². The minimum absolute atomic E-state index is 0.587. The van der Waals surface area contributed by atoms with Crippen molar-refractivity contribution in [2.75, 3.05) is 5.32 Å². The lowest BCUT2D eigenvalue weighted by Crippen LogP contribution is -2.34. The van der Waals surface area contributed by atoms with Gasteiger partial charge in [-0.05, 0) is 60.1 Å². The molecule has 0 heterocycles. The topological polar surface area (TPSA) is 12.0 Å². The Morgan fingerprint density at radius 3 is 2.43 bits per heavy atom. The Morgan fingerprint density at radius 2 is 1.76 bits per heavy atom. The molecule has 2 aromatic rings. The van der Waals surface area contributed by atoms with E-state index in [2.05, 4.69) is 83.6 Å². The first-order valence-electron chi connectivity index (χ1n) is 7.74. The van der Waals surface area contributed by atoms with E-state index in [0.717, 1.165) is 4.47 Å². The molecule has 1 nitrogen and oxygen atoms in total. The highest BCUT2D eigenvalue weighted by molar-refractivity contribution is 9.10. The van der Waals surface area contributed by atoms with Crippen LogP contribution in [0.4, 0.5) is 5.69 Å². The second-order valence-corrected chi connectivity index (χ2v) is 7.26. The summed E-state index contributed by atoms with van der Waals surface area (Å²) in [6, 6.07) is 18.2. The third-order valence-corrected chi connectivity index (χ3v) is 4.93. The van der Waals surface area contributed by atoms with Gasteiger partial charge >= 0.3 is 0 Å². The van der Waals surface area contributed by atoms with E-state index in [4.69, 9.17) is 0 Å². The van der Waals surface area contributed by atoms with E-state index in [-0.39, 0.29) is 0 Å². The molecule has 1 aliphatic carbocycles. The van der Waals surface area contributed by atoms with Gasteiger partial charge in [0.05, 0.1) is 0 Å². The Morgan fingerprint density at radius 1 is 1.05 bits per heavy atom. The molecule has 3 rings (SSSR count). The largest absolute Gasteiger partial charge is 0.382 e. The van der Waals surface area contributed by atoms with Gasteiger partial charge in [0.25, 0.3) is 0 Å². The summed E-state index contributed by atoms with van der Waals surface area (Å²) >= 11 is 3.50. The van der Waals surface area contributed by atoms with Crippen molar-refractivity contribution < 1.29 is 0 Å². The number of benzene rings is 2. The molecule has 1 aliphatic rings. The van der Waals surface area contributed by atoms with Crippen LogP contribution in [0.25, 0.3) is 0 Å². The predicted molar refractivity (Wildman–Crippen MR) is 94.1 cm³/mol.